The number of amides is 1. The number of carbonyl (C=O) groups excluding carboxylic acids is 2. The van der Waals surface area contributed by atoms with Crippen LogP contribution in [0.1, 0.15) is 51.5 Å². The molecule has 0 fully saturated rings. The molecule has 0 saturated carbocycles. The van der Waals surface area contributed by atoms with Gasteiger partial charge in [-0.15, -0.1) is 0 Å². The van der Waals surface area contributed by atoms with E-state index < -0.39 is 5.97 Å². The predicted octanol–water partition coefficient (Wildman–Crippen LogP) is 2.98. The fourth-order valence-corrected chi connectivity index (χ4v) is 3.75. The van der Waals surface area contributed by atoms with Crippen molar-refractivity contribution >= 4 is 17.6 Å². The highest BCUT2D eigenvalue weighted by atomic mass is 19.1. The second-order valence-electron chi connectivity index (χ2n) is 7.15. The highest BCUT2D eigenvalue weighted by molar-refractivity contribution is 6.03. The minimum absolute atomic E-state index is 0.0382. The molecule has 2 N–H and O–H groups in total. The van der Waals surface area contributed by atoms with Gasteiger partial charge in [0.25, 0.3) is 5.91 Å². The number of ether oxygens (including phenoxy) is 1. The summed E-state index contributed by atoms with van der Waals surface area (Å²) in [6.45, 7) is 6.21. The number of benzene rings is 1. The molecule has 3 rings (SSSR count). The molecule has 7 heteroatoms. The van der Waals surface area contributed by atoms with Gasteiger partial charge in [0.2, 0.25) is 0 Å². The zero-order valence-corrected chi connectivity index (χ0v) is 16.7. The molecule has 1 aliphatic heterocycles. The Morgan fingerprint density at radius 1 is 1.43 bits per heavy atom. The number of esters is 1. The lowest BCUT2D eigenvalue weighted by Gasteiger charge is -2.21. The van der Waals surface area contributed by atoms with Gasteiger partial charge < -0.3 is 19.9 Å². The first-order chi connectivity index (χ1) is 13.3. The number of hydrogen-bond acceptors (Lipinski definition) is 4. The van der Waals surface area contributed by atoms with Gasteiger partial charge in [-0.1, -0.05) is 0 Å². The van der Waals surface area contributed by atoms with Crippen LogP contribution in [0.4, 0.5) is 10.1 Å². The molecule has 6 nitrogen and oxygen atoms in total. The third-order valence-corrected chi connectivity index (χ3v) is 5.05. The van der Waals surface area contributed by atoms with E-state index in [0.717, 1.165) is 16.9 Å². The summed E-state index contributed by atoms with van der Waals surface area (Å²) in [5.41, 5.74) is 3.94. The third-order valence-electron chi connectivity index (χ3n) is 5.05. The van der Waals surface area contributed by atoms with E-state index in [1.165, 1.54) is 6.07 Å². The monoisotopic (exact) mass is 387 g/mol. The van der Waals surface area contributed by atoms with Crippen molar-refractivity contribution in [3.05, 3.63) is 52.1 Å². The number of fused-ring (bicyclic) bond motifs is 1. The fraction of sp³-hybridized carbons (Fsp3) is 0.429. The predicted molar refractivity (Wildman–Crippen MR) is 105 cm³/mol. The number of anilines is 1. The first kappa shape index (κ1) is 19.9. The van der Waals surface area contributed by atoms with Crippen LogP contribution < -0.4 is 10.6 Å². The first-order valence-corrected chi connectivity index (χ1v) is 9.51. The lowest BCUT2D eigenvalue weighted by Crippen LogP contribution is -2.39. The van der Waals surface area contributed by atoms with Crippen LogP contribution in [-0.2, 0) is 24.6 Å². The second kappa shape index (κ2) is 8.04. The summed E-state index contributed by atoms with van der Waals surface area (Å²) in [5, 5.41) is 6.20. The summed E-state index contributed by atoms with van der Waals surface area (Å²) in [6, 6.07) is 4.81. The number of aromatic nitrogens is 1. The Labute approximate surface area is 164 Å². The first-order valence-electron chi connectivity index (χ1n) is 9.51. The van der Waals surface area contributed by atoms with Crippen molar-refractivity contribution in [3.8, 4) is 0 Å². The fourth-order valence-electron chi connectivity index (χ4n) is 3.75. The summed E-state index contributed by atoms with van der Waals surface area (Å²) in [4.78, 5) is 25.1. The standard InChI is InChI=1S/C21H26FN3O3/c1-5-28-21(27)19-15-11-13(3)24-20(26)18(15)17(25(19)4)8-9-23-14-6-7-16(22)12(2)10-14/h6-7,10,13,23H,5,8-9,11H2,1-4H3,(H,24,26)/t13-/m0/s1. The highest BCUT2D eigenvalue weighted by Crippen LogP contribution is 2.28. The third kappa shape index (κ3) is 3.74. The van der Waals surface area contributed by atoms with E-state index in [-0.39, 0.29) is 24.4 Å². The Hall–Kier alpha value is -2.83. The van der Waals surface area contributed by atoms with Crippen LogP contribution >= 0.6 is 0 Å². The van der Waals surface area contributed by atoms with Gasteiger partial charge in [-0.25, -0.2) is 9.18 Å². The zero-order valence-electron chi connectivity index (χ0n) is 16.7. The normalized spacial score (nSPS) is 15.8. The number of aryl methyl sites for hydroxylation is 1. The molecule has 0 spiro atoms. The van der Waals surface area contributed by atoms with Crippen LogP contribution in [-0.4, -0.2) is 35.6 Å². The van der Waals surface area contributed by atoms with Gasteiger partial charge in [-0.2, -0.15) is 0 Å². The molecule has 1 aromatic carbocycles. The SMILES string of the molecule is CCOC(=O)c1c2c(c(CCNc3ccc(F)c(C)c3)n1C)C(=O)N[C@@H](C)C2. The molecular weight excluding hydrogens is 361 g/mol. The van der Waals surface area contributed by atoms with Crippen LogP contribution in [0.15, 0.2) is 18.2 Å². The summed E-state index contributed by atoms with van der Waals surface area (Å²) >= 11 is 0. The van der Waals surface area contributed by atoms with Crippen LogP contribution in [0.25, 0.3) is 0 Å². The van der Waals surface area contributed by atoms with E-state index in [9.17, 15) is 14.0 Å². The lowest BCUT2D eigenvalue weighted by molar-refractivity contribution is 0.0513. The molecule has 1 atom stereocenters. The second-order valence-corrected chi connectivity index (χ2v) is 7.15. The van der Waals surface area contributed by atoms with E-state index in [2.05, 4.69) is 10.6 Å². The Morgan fingerprint density at radius 2 is 2.18 bits per heavy atom. The van der Waals surface area contributed by atoms with E-state index in [1.54, 1.807) is 37.6 Å². The molecule has 0 aliphatic carbocycles. The number of halogens is 1. The highest BCUT2D eigenvalue weighted by Gasteiger charge is 2.33. The molecule has 150 valence electrons. The van der Waals surface area contributed by atoms with Gasteiger partial charge in [0.15, 0.2) is 0 Å². The van der Waals surface area contributed by atoms with Crippen LogP contribution in [0.2, 0.25) is 0 Å². The molecule has 1 aliphatic rings. The summed E-state index contributed by atoms with van der Waals surface area (Å²) in [5.74, 6) is -0.809. The van der Waals surface area contributed by atoms with Crippen molar-refractivity contribution in [2.45, 2.75) is 39.7 Å². The van der Waals surface area contributed by atoms with Crippen molar-refractivity contribution < 1.29 is 18.7 Å². The molecule has 0 radical (unpaired) electrons. The molecular formula is C21H26FN3O3. The molecule has 0 saturated heterocycles. The van der Waals surface area contributed by atoms with Gasteiger partial charge in [0.1, 0.15) is 11.5 Å². The Balaban J connectivity index is 1.87. The van der Waals surface area contributed by atoms with E-state index in [0.29, 0.717) is 36.2 Å². The number of carbonyl (C=O) groups is 2. The van der Waals surface area contributed by atoms with Gasteiger partial charge in [-0.05, 0) is 56.5 Å². The number of rotatable bonds is 6. The quantitative estimate of drug-likeness (QED) is 0.748. The van der Waals surface area contributed by atoms with Gasteiger partial charge >= 0.3 is 5.97 Å². The van der Waals surface area contributed by atoms with Gasteiger partial charge in [0, 0.05) is 37.4 Å². The van der Waals surface area contributed by atoms with E-state index in [1.807, 2.05) is 6.92 Å². The zero-order chi connectivity index (χ0) is 20.4. The Kier molecular flexibility index (Phi) is 5.72. The summed E-state index contributed by atoms with van der Waals surface area (Å²) in [7, 11) is 1.79. The minimum atomic E-state index is -0.406. The van der Waals surface area contributed by atoms with E-state index in [4.69, 9.17) is 4.74 Å². The van der Waals surface area contributed by atoms with Crippen molar-refractivity contribution in [3.63, 3.8) is 0 Å². The smallest absolute Gasteiger partial charge is 0.355 e. The Morgan fingerprint density at radius 3 is 2.86 bits per heavy atom. The molecule has 2 heterocycles. The van der Waals surface area contributed by atoms with E-state index >= 15 is 0 Å². The lowest BCUT2D eigenvalue weighted by atomic mass is 9.95. The molecule has 1 amide bonds. The van der Waals surface area contributed by atoms with Crippen molar-refractivity contribution in [2.75, 3.05) is 18.5 Å². The molecule has 1 aromatic heterocycles. The number of nitrogens with one attached hydrogen (secondary N) is 2. The van der Waals surface area contributed by atoms with Crippen LogP contribution in [0.5, 0.6) is 0 Å². The average molecular weight is 387 g/mol. The summed E-state index contributed by atoms with van der Waals surface area (Å²) < 4.78 is 20.4. The molecule has 0 unspecified atom stereocenters. The molecule has 2 aromatic rings. The maximum absolute atomic E-state index is 13.4. The maximum atomic E-state index is 13.4. The minimum Gasteiger partial charge on any atom is -0.461 e. The number of hydrogen-bond donors (Lipinski definition) is 2. The summed E-state index contributed by atoms with van der Waals surface area (Å²) in [6.07, 6.45) is 1.13. The average Bonchev–Trinajstić information content (AvgIpc) is 2.90. The maximum Gasteiger partial charge on any atom is 0.355 e. The largest absolute Gasteiger partial charge is 0.461 e. The molecule has 28 heavy (non-hydrogen) atoms. The topological polar surface area (TPSA) is 72.4 Å². The Bertz CT molecular complexity index is 920. The van der Waals surface area contributed by atoms with Crippen molar-refractivity contribution in [1.82, 2.24) is 9.88 Å². The van der Waals surface area contributed by atoms with Gasteiger partial charge in [-0.3, -0.25) is 4.79 Å². The van der Waals surface area contributed by atoms with Gasteiger partial charge in [0.05, 0.1) is 12.2 Å². The van der Waals surface area contributed by atoms with Crippen LogP contribution in [0.3, 0.4) is 0 Å². The van der Waals surface area contributed by atoms with Crippen molar-refractivity contribution in [2.24, 2.45) is 7.05 Å². The van der Waals surface area contributed by atoms with Crippen molar-refractivity contribution in [1.29, 1.82) is 0 Å². The number of nitrogens with zero attached hydrogens (tertiary/aromatic N) is 1. The van der Waals surface area contributed by atoms with Crippen LogP contribution in [0, 0.1) is 12.7 Å². The molecule has 0 bridgehead atoms.